The van der Waals surface area contributed by atoms with Gasteiger partial charge in [0.05, 0.1) is 21.6 Å². The highest BCUT2D eigenvalue weighted by molar-refractivity contribution is 8.27. The largest absolute Gasteiger partial charge is 0.328 e. The molecule has 0 saturated carbocycles. The fourth-order valence-electron chi connectivity index (χ4n) is 3.11. The van der Waals surface area contributed by atoms with Crippen molar-refractivity contribution in [3.8, 4) is 0 Å². The minimum atomic E-state index is -0.0899. The van der Waals surface area contributed by atoms with Crippen LogP contribution in [-0.4, -0.2) is 19.8 Å². The van der Waals surface area contributed by atoms with Crippen molar-refractivity contribution in [1.82, 2.24) is 9.55 Å². The Hall–Kier alpha value is -2.44. The van der Waals surface area contributed by atoms with Gasteiger partial charge in [0.25, 0.3) is 5.91 Å². The van der Waals surface area contributed by atoms with Gasteiger partial charge in [-0.2, -0.15) is 0 Å². The van der Waals surface area contributed by atoms with Gasteiger partial charge in [-0.3, -0.25) is 9.69 Å². The van der Waals surface area contributed by atoms with Crippen LogP contribution in [0.25, 0.3) is 17.1 Å². The van der Waals surface area contributed by atoms with Gasteiger partial charge < -0.3 is 4.57 Å². The zero-order valence-corrected chi connectivity index (χ0v) is 16.1. The van der Waals surface area contributed by atoms with E-state index < -0.39 is 0 Å². The van der Waals surface area contributed by atoms with Gasteiger partial charge in [0.2, 0.25) is 0 Å². The first kappa shape index (κ1) is 17.0. The van der Waals surface area contributed by atoms with Gasteiger partial charge in [0, 0.05) is 13.1 Å². The molecular formula is C20H17N3OS2. The maximum atomic E-state index is 13.0. The summed E-state index contributed by atoms with van der Waals surface area (Å²) in [6.07, 6.45) is 2.67. The molecule has 2 heterocycles. The van der Waals surface area contributed by atoms with Crippen molar-refractivity contribution in [1.29, 1.82) is 0 Å². The Bertz CT molecular complexity index is 1070. The molecule has 6 heteroatoms. The molecule has 0 radical (unpaired) electrons. The van der Waals surface area contributed by atoms with Crippen molar-refractivity contribution in [2.45, 2.75) is 13.3 Å². The molecule has 0 atom stereocenters. The number of aromatic nitrogens is 2. The van der Waals surface area contributed by atoms with Gasteiger partial charge in [-0.05, 0) is 30.2 Å². The highest BCUT2D eigenvalue weighted by atomic mass is 32.2. The van der Waals surface area contributed by atoms with E-state index in [9.17, 15) is 4.79 Å². The third-order valence-electron chi connectivity index (χ3n) is 4.49. The first-order chi connectivity index (χ1) is 12.6. The highest BCUT2D eigenvalue weighted by Crippen LogP contribution is 2.37. The van der Waals surface area contributed by atoms with E-state index >= 15 is 0 Å². The number of aryl methyl sites for hydroxylation is 2. The minimum absolute atomic E-state index is 0.0899. The fraction of sp³-hybridized carbons (Fsp3) is 0.150. The van der Waals surface area contributed by atoms with Crippen LogP contribution in [0.2, 0.25) is 0 Å². The molecule has 0 N–H and O–H groups in total. The number of carbonyl (C=O) groups is 1. The lowest BCUT2D eigenvalue weighted by Gasteiger charge is -2.17. The third-order valence-corrected chi connectivity index (χ3v) is 5.79. The van der Waals surface area contributed by atoms with Crippen molar-refractivity contribution < 1.29 is 4.79 Å². The number of thioether (sulfide) groups is 1. The molecule has 1 amide bonds. The number of carbonyl (C=O) groups excluding carboxylic acids is 1. The van der Waals surface area contributed by atoms with Crippen LogP contribution in [0.1, 0.15) is 18.3 Å². The lowest BCUT2D eigenvalue weighted by atomic mass is 10.1. The van der Waals surface area contributed by atoms with Crippen LogP contribution in [0, 0.1) is 0 Å². The normalized spacial score (nSPS) is 16.2. The molecule has 0 aliphatic carbocycles. The van der Waals surface area contributed by atoms with E-state index in [2.05, 4.69) is 11.9 Å². The number of rotatable bonds is 3. The van der Waals surface area contributed by atoms with Crippen LogP contribution in [-0.2, 0) is 18.3 Å². The molecule has 1 aliphatic heterocycles. The maximum absolute atomic E-state index is 13.0. The predicted molar refractivity (Wildman–Crippen MR) is 112 cm³/mol. The molecule has 4 nitrogen and oxygen atoms in total. The average molecular weight is 380 g/mol. The number of amides is 1. The molecule has 0 bridgehead atoms. The zero-order valence-electron chi connectivity index (χ0n) is 14.5. The lowest BCUT2D eigenvalue weighted by Crippen LogP contribution is -2.28. The van der Waals surface area contributed by atoms with Crippen LogP contribution < -0.4 is 4.90 Å². The van der Waals surface area contributed by atoms with Crippen LogP contribution in [0.15, 0.2) is 53.4 Å². The Morgan fingerprint density at radius 2 is 1.88 bits per heavy atom. The van der Waals surface area contributed by atoms with Crippen LogP contribution >= 0.6 is 24.0 Å². The Morgan fingerprint density at radius 3 is 2.65 bits per heavy atom. The number of nitrogens with zero attached hydrogens (tertiary/aromatic N) is 3. The van der Waals surface area contributed by atoms with E-state index in [1.54, 1.807) is 4.90 Å². The standard InChI is InChI=1S/C20H17N3OS2/c1-3-13-8-4-6-10-15(13)23-19(24)17(26-20(23)25)12-18-21-14-9-5-7-11-16(14)22(18)2/h4-12H,3H2,1-2H3/b17-12+. The highest BCUT2D eigenvalue weighted by Gasteiger charge is 2.34. The van der Waals surface area contributed by atoms with Crippen molar-refractivity contribution in [2.75, 3.05) is 4.90 Å². The maximum Gasteiger partial charge on any atom is 0.270 e. The summed E-state index contributed by atoms with van der Waals surface area (Å²) in [6.45, 7) is 2.08. The van der Waals surface area contributed by atoms with E-state index in [4.69, 9.17) is 12.2 Å². The fourth-order valence-corrected chi connectivity index (χ4v) is 4.37. The minimum Gasteiger partial charge on any atom is -0.328 e. The smallest absolute Gasteiger partial charge is 0.270 e. The number of benzene rings is 2. The van der Waals surface area contributed by atoms with Gasteiger partial charge in [-0.25, -0.2) is 4.98 Å². The Labute approximate surface area is 161 Å². The second-order valence-corrected chi connectivity index (χ2v) is 7.69. The zero-order chi connectivity index (χ0) is 18.3. The van der Waals surface area contributed by atoms with Crippen molar-refractivity contribution in [3.05, 3.63) is 64.8 Å². The van der Waals surface area contributed by atoms with E-state index in [0.29, 0.717) is 9.23 Å². The summed E-state index contributed by atoms with van der Waals surface area (Å²) in [5.41, 5.74) is 3.91. The van der Waals surface area contributed by atoms with Gasteiger partial charge in [-0.1, -0.05) is 61.2 Å². The molecule has 4 rings (SSSR count). The molecule has 0 unspecified atom stereocenters. The summed E-state index contributed by atoms with van der Waals surface area (Å²) in [7, 11) is 1.95. The topological polar surface area (TPSA) is 38.1 Å². The molecule has 3 aromatic rings. The number of imidazole rings is 1. The lowest BCUT2D eigenvalue weighted by molar-refractivity contribution is -0.113. The Balaban J connectivity index is 1.75. The molecule has 1 aliphatic rings. The average Bonchev–Trinajstić information content (AvgIpc) is 3.12. The van der Waals surface area contributed by atoms with Gasteiger partial charge >= 0.3 is 0 Å². The second kappa shape index (κ2) is 6.70. The van der Waals surface area contributed by atoms with Gasteiger partial charge in [0.1, 0.15) is 5.82 Å². The molecule has 0 spiro atoms. The summed E-state index contributed by atoms with van der Waals surface area (Å²) in [6, 6.07) is 15.8. The van der Waals surface area contributed by atoms with Crippen LogP contribution in [0.4, 0.5) is 5.69 Å². The first-order valence-electron chi connectivity index (χ1n) is 8.37. The van der Waals surface area contributed by atoms with Gasteiger partial charge in [0.15, 0.2) is 4.32 Å². The quantitative estimate of drug-likeness (QED) is 0.495. The molecule has 26 heavy (non-hydrogen) atoms. The number of hydrogen-bond acceptors (Lipinski definition) is 4. The Morgan fingerprint density at radius 1 is 1.15 bits per heavy atom. The van der Waals surface area contributed by atoms with Gasteiger partial charge in [-0.15, -0.1) is 0 Å². The van der Waals surface area contributed by atoms with Crippen molar-refractivity contribution in [3.63, 3.8) is 0 Å². The summed E-state index contributed by atoms with van der Waals surface area (Å²) in [4.78, 5) is 19.9. The van der Waals surface area contributed by atoms with E-state index in [0.717, 1.165) is 34.5 Å². The van der Waals surface area contributed by atoms with E-state index in [1.165, 1.54) is 11.8 Å². The third kappa shape index (κ3) is 2.75. The summed E-state index contributed by atoms with van der Waals surface area (Å²) >= 11 is 6.82. The second-order valence-electron chi connectivity index (χ2n) is 6.02. The summed E-state index contributed by atoms with van der Waals surface area (Å²) in [5.74, 6) is 0.656. The Kier molecular flexibility index (Phi) is 4.38. The SMILES string of the molecule is CCc1ccccc1N1C(=O)/C(=C\c2nc3ccccc3n2C)SC1=S. The van der Waals surface area contributed by atoms with Crippen molar-refractivity contribution in [2.24, 2.45) is 7.05 Å². The molecule has 1 saturated heterocycles. The first-order valence-corrected chi connectivity index (χ1v) is 9.60. The number of hydrogen-bond donors (Lipinski definition) is 0. The molecule has 130 valence electrons. The van der Waals surface area contributed by atoms with Crippen LogP contribution in [0.5, 0.6) is 0 Å². The molecule has 1 fully saturated rings. The number of para-hydroxylation sites is 3. The predicted octanol–water partition coefficient (Wildman–Crippen LogP) is 4.54. The van der Waals surface area contributed by atoms with E-state index in [1.807, 2.05) is 66.2 Å². The number of thiocarbonyl (C=S) groups is 1. The van der Waals surface area contributed by atoms with E-state index in [-0.39, 0.29) is 5.91 Å². The summed E-state index contributed by atoms with van der Waals surface area (Å²) in [5, 5.41) is 0. The summed E-state index contributed by atoms with van der Waals surface area (Å²) < 4.78 is 2.54. The van der Waals surface area contributed by atoms with Crippen molar-refractivity contribution >= 4 is 57.0 Å². The van der Waals surface area contributed by atoms with Crippen LogP contribution in [0.3, 0.4) is 0 Å². The molecule has 2 aromatic carbocycles. The molecular weight excluding hydrogens is 362 g/mol. The number of fused-ring (bicyclic) bond motifs is 1. The molecule has 1 aromatic heterocycles. The number of anilines is 1. The monoisotopic (exact) mass is 379 g/mol.